The summed E-state index contributed by atoms with van der Waals surface area (Å²) in [5.74, 6) is 1.70. The zero-order chi connectivity index (χ0) is 20.4. The maximum Gasteiger partial charge on any atom is 0.247 e. The van der Waals surface area contributed by atoms with E-state index in [9.17, 15) is 5.11 Å². The van der Waals surface area contributed by atoms with Crippen LogP contribution >= 0.6 is 11.8 Å². The lowest BCUT2D eigenvalue weighted by atomic mass is 10.1. The van der Waals surface area contributed by atoms with Crippen molar-refractivity contribution in [1.82, 2.24) is 15.2 Å². The van der Waals surface area contributed by atoms with Crippen LogP contribution < -0.4 is 19.5 Å². The molecule has 1 aliphatic rings. The van der Waals surface area contributed by atoms with Gasteiger partial charge < -0.3 is 24.6 Å². The minimum absolute atomic E-state index is 0.0706. The first-order valence-electron chi connectivity index (χ1n) is 8.99. The van der Waals surface area contributed by atoms with Crippen molar-refractivity contribution in [3.63, 3.8) is 0 Å². The number of phenols is 1. The summed E-state index contributed by atoms with van der Waals surface area (Å²) < 4.78 is 16.8. The molecular formula is C20H20N4O4S. The van der Waals surface area contributed by atoms with E-state index in [0.29, 0.717) is 22.3 Å². The van der Waals surface area contributed by atoms with Gasteiger partial charge >= 0.3 is 0 Å². The van der Waals surface area contributed by atoms with Crippen molar-refractivity contribution in [2.24, 2.45) is 0 Å². The molecule has 0 aliphatic carbocycles. The Morgan fingerprint density at radius 3 is 2.55 bits per heavy atom. The van der Waals surface area contributed by atoms with Crippen LogP contribution in [0.4, 0.5) is 5.69 Å². The van der Waals surface area contributed by atoms with Crippen molar-refractivity contribution < 1.29 is 19.3 Å². The normalized spacial score (nSPS) is 14.7. The molecule has 0 saturated carbocycles. The fourth-order valence-corrected chi connectivity index (χ4v) is 3.56. The van der Waals surface area contributed by atoms with Gasteiger partial charge in [0, 0.05) is 16.8 Å². The monoisotopic (exact) mass is 412 g/mol. The van der Waals surface area contributed by atoms with Crippen molar-refractivity contribution in [3.8, 4) is 34.4 Å². The molecule has 0 fully saturated rings. The van der Waals surface area contributed by atoms with Crippen molar-refractivity contribution in [1.29, 1.82) is 0 Å². The van der Waals surface area contributed by atoms with E-state index in [1.807, 2.05) is 31.2 Å². The molecule has 1 atom stereocenters. The summed E-state index contributed by atoms with van der Waals surface area (Å²) in [5, 5.41) is 22.7. The van der Waals surface area contributed by atoms with Gasteiger partial charge in [0.1, 0.15) is 0 Å². The molecule has 0 bridgehead atoms. The van der Waals surface area contributed by atoms with Gasteiger partial charge in [-0.3, -0.25) is 0 Å². The smallest absolute Gasteiger partial charge is 0.247 e. The predicted octanol–water partition coefficient (Wildman–Crippen LogP) is 3.88. The first-order valence-corrected chi connectivity index (χ1v) is 9.98. The van der Waals surface area contributed by atoms with Gasteiger partial charge in [0.15, 0.2) is 23.4 Å². The molecule has 0 radical (unpaired) electrons. The number of thioether (sulfide) groups is 1. The number of rotatable bonds is 5. The number of anilines is 1. The van der Waals surface area contributed by atoms with Crippen LogP contribution in [0.3, 0.4) is 0 Å². The predicted molar refractivity (Wildman–Crippen MR) is 110 cm³/mol. The standard InChI is InChI=1S/C20H20N4O4S/c1-4-29-20-22-19-16(23-24-20)12-7-5-6-8-13(12)21-18(28-19)11-9-14(26-2)17(25)15(10-11)27-3/h5-10,18,21,25H,4H2,1-3H3/t18-/m0/s1. The Kier molecular flexibility index (Phi) is 5.30. The second-order valence-electron chi connectivity index (χ2n) is 6.14. The van der Waals surface area contributed by atoms with Crippen molar-refractivity contribution in [2.75, 3.05) is 25.3 Å². The summed E-state index contributed by atoms with van der Waals surface area (Å²) in [7, 11) is 2.96. The van der Waals surface area contributed by atoms with Crippen LogP contribution in [0.15, 0.2) is 41.6 Å². The molecule has 29 heavy (non-hydrogen) atoms. The van der Waals surface area contributed by atoms with Crippen LogP contribution in [-0.4, -0.2) is 40.3 Å². The number of aromatic hydroxyl groups is 1. The zero-order valence-corrected chi connectivity index (χ0v) is 17.0. The van der Waals surface area contributed by atoms with Gasteiger partial charge in [0.05, 0.1) is 14.2 Å². The fourth-order valence-electron chi connectivity index (χ4n) is 3.05. The van der Waals surface area contributed by atoms with E-state index in [4.69, 9.17) is 14.2 Å². The Balaban J connectivity index is 1.84. The van der Waals surface area contributed by atoms with Crippen molar-refractivity contribution in [2.45, 2.75) is 18.3 Å². The van der Waals surface area contributed by atoms with E-state index in [1.165, 1.54) is 26.0 Å². The molecule has 9 heteroatoms. The Hall–Kier alpha value is -3.20. The number of methoxy groups -OCH3 is 2. The first kappa shape index (κ1) is 19.1. The van der Waals surface area contributed by atoms with Crippen LogP contribution in [0.2, 0.25) is 0 Å². The number of aromatic nitrogens is 3. The summed E-state index contributed by atoms with van der Waals surface area (Å²) in [5.41, 5.74) is 2.93. The number of nitrogens with one attached hydrogen (secondary N) is 1. The van der Waals surface area contributed by atoms with Crippen LogP contribution in [0.5, 0.6) is 23.1 Å². The van der Waals surface area contributed by atoms with E-state index in [0.717, 1.165) is 17.0 Å². The van der Waals surface area contributed by atoms with E-state index >= 15 is 0 Å². The molecule has 4 rings (SSSR count). The highest BCUT2D eigenvalue weighted by atomic mass is 32.2. The van der Waals surface area contributed by atoms with E-state index in [2.05, 4.69) is 20.5 Å². The van der Waals surface area contributed by atoms with E-state index in [1.54, 1.807) is 12.1 Å². The molecule has 8 nitrogen and oxygen atoms in total. The highest BCUT2D eigenvalue weighted by Gasteiger charge is 2.27. The van der Waals surface area contributed by atoms with Gasteiger partial charge in [-0.1, -0.05) is 36.9 Å². The number of hydrogen-bond donors (Lipinski definition) is 2. The number of hydrogen-bond acceptors (Lipinski definition) is 9. The molecule has 1 aromatic heterocycles. The van der Waals surface area contributed by atoms with Gasteiger partial charge in [-0.25, -0.2) is 0 Å². The Labute approximate surface area is 172 Å². The van der Waals surface area contributed by atoms with Crippen molar-refractivity contribution in [3.05, 3.63) is 42.0 Å². The van der Waals surface area contributed by atoms with Crippen LogP contribution in [0.25, 0.3) is 11.3 Å². The summed E-state index contributed by atoms with van der Waals surface area (Å²) in [6.07, 6.45) is -0.614. The zero-order valence-electron chi connectivity index (χ0n) is 16.2. The van der Waals surface area contributed by atoms with E-state index < -0.39 is 6.23 Å². The minimum Gasteiger partial charge on any atom is -0.502 e. The average molecular weight is 412 g/mol. The van der Waals surface area contributed by atoms with Crippen LogP contribution in [-0.2, 0) is 0 Å². The highest BCUT2D eigenvalue weighted by Crippen LogP contribution is 2.43. The molecule has 0 spiro atoms. The summed E-state index contributed by atoms with van der Waals surface area (Å²) >= 11 is 1.49. The van der Waals surface area contributed by atoms with Gasteiger partial charge in [-0.05, 0) is 24.0 Å². The second-order valence-corrected chi connectivity index (χ2v) is 7.37. The third kappa shape index (κ3) is 3.61. The Morgan fingerprint density at radius 2 is 1.86 bits per heavy atom. The summed E-state index contributed by atoms with van der Waals surface area (Å²) in [6, 6.07) is 11.1. The molecular weight excluding hydrogens is 392 g/mol. The lowest BCUT2D eigenvalue weighted by Crippen LogP contribution is -2.17. The molecule has 0 saturated heterocycles. The molecule has 2 N–H and O–H groups in total. The average Bonchev–Trinajstić information content (AvgIpc) is 2.90. The number of fused-ring (bicyclic) bond motifs is 3. The molecule has 0 unspecified atom stereocenters. The van der Waals surface area contributed by atoms with Gasteiger partial charge in [-0.15, -0.1) is 10.2 Å². The maximum absolute atomic E-state index is 10.2. The quantitative estimate of drug-likeness (QED) is 0.605. The second kappa shape index (κ2) is 8.04. The maximum atomic E-state index is 10.2. The molecule has 0 amide bonds. The lowest BCUT2D eigenvalue weighted by molar-refractivity contribution is 0.223. The minimum atomic E-state index is -0.614. The third-order valence-electron chi connectivity index (χ3n) is 4.41. The number of nitrogens with zero attached hydrogens (tertiary/aromatic N) is 3. The summed E-state index contributed by atoms with van der Waals surface area (Å²) in [6.45, 7) is 2.02. The SMILES string of the molecule is CCSc1nnc2c(n1)O[C@@H](c1cc(OC)c(O)c(OC)c1)Nc1ccccc1-2. The van der Waals surface area contributed by atoms with Crippen LogP contribution in [0, 0.1) is 0 Å². The first-order chi connectivity index (χ1) is 14.1. The summed E-state index contributed by atoms with van der Waals surface area (Å²) in [4.78, 5) is 4.56. The largest absolute Gasteiger partial charge is 0.502 e. The fraction of sp³-hybridized carbons (Fsp3) is 0.250. The molecule has 3 aromatic rings. The Bertz CT molecular complexity index is 1020. The molecule has 1 aliphatic heterocycles. The number of benzene rings is 2. The van der Waals surface area contributed by atoms with Gasteiger partial charge in [0.25, 0.3) is 0 Å². The van der Waals surface area contributed by atoms with Gasteiger partial charge in [0.2, 0.25) is 16.8 Å². The lowest BCUT2D eigenvalue weighted by Gasteiger charge is -2.21. The number of ether oxygens (including phenoxy) is 3. The van der Waals surface area contributed by atoms with E-state index in [-0.39, 0.29) is 17.2 Å². The molecule has 2 aromatic carbocycles. The number of phenolic OH excluding ortho intramolecular Hbond substituents is 1. The number of para-hydroxylation sites is 1. The van der Waals surface area contributed by atoms with Crippen molar-refractivity contribution >= 4 is 17.4 Å². The van der Waals surface area contributed by atoms with Crippen LogP contribution in [0.1, 0.15) is 18.7 Å². The molecule has 2 heterocycles. The highest BCUT2D eigenvalue weighted by molar-refractivity contribution is 7.99. The molecule has 150 valence electrons. The Morgan fingerprint density at radius 1 is 1.14 bits per heavy atom. The third-order valence-corrected chi connectivity index (χ3v) is 5.13. The van der Waals surface area contributed by atoms with Gasteiger partial charge in [-0.2, -0.15) is 4.98 Å². The topological polar surface area (TPSA) is 98.6 Å².